The number of morpholine rings is 1. The Hall–Kier alpha value is -3.29. The molecule has 0 radical (unpaired) electrons. The van der Waals surface area contributed by atoms with Crippen molar-refractivity contribution >= 4 is 16.9 Å². The van der Waals surface area contributed by atoms with Crippen molar-refractivity contribution in [3.05, 3.63) is 47.7 Å². The van der Waals surface area contributed by atoms with Crippen LogP contribution in [0.1, 0.15) is 16.2 Å². The van der Waals surface area contributed by atoms with Crippen molar-refractivity contribution in [3.63, 3.8) is 0 Å². The summed E-state index contributed by atoms with van der Waals surface area (Å²) in [6, 6.07) is 3.97. The van der Waals surface area contributed by atoms with Crippen LogP contribution in [-0.2, 0) is 17.5 Å². The number of hydrogen-bond acceptors (Lipinski definition) is 4. The molecule has 1 aliphatic rings. The molecule has 14 heteroatoms. The lowest BCUT2D eigenvalue weighted by Crippen LogP contribution is -2.49. The van der Waals surface area contributed by atoms with Crippen LogP contribution < -0.4 is 0 Å². The molecule has 0 aliphatic carbocycles. The number of imidazole rings is 1. The van der Waals surface area contributed by atoms with Gasteiger partial charge in [0.05, 0.1) is 29.9 Å². The summed E-state index contributed by atoms with van der Waals surface area (Å²) in [4.78, 5) is 20.6. The van der Waals surface area contributed by atoms with E-state index in [0.717, 1.165) is 30.5 Å². The maximum absolute atomic E-state index is 14.8. The number of aromatic nitrogens is 3. The highest BCUT2D eigenvalue weighted by Gasteiger charge is 2.40. The minimum Gasteiger partial charge on any atom is -0.327 e. The number of benzene rings is 1. The van der Waals surface area contributed by atoms with Crippen molar-refractivity contribution in [1.29, 1.82) is 0 Å². The van der Waals surface area contributed by atoms with E-state index in [0.29, 0.717) is 9.47 Å². The summed E-state index contributed by atoms with van der Waals surface area (Å²) < 4.78 is 112. The molecule has 1 amide bonds. The van der Waals surface area contributed by atoms with Crippen LogP contribution in [0.15, 0.2) is 30.5 Å². The summed E-state index contributed by atoms with van der Waals surface area (Å²) in [5.41, 5.74) is -1.59. The number of pyridine rings is 1. The molecular formula is C20H14F8N4O2. The monoisotopic (exact) mass is 494 g/mol. The fourth-order valence-corrected chi connectivity index (χ4v) is 3.63. The number of nitrogens with zero attached hydrogens (tertiary/aromatic N) is 4. The Morgan fingerprint density at radius 3 is 2.56 bits per heavy atom. The summed E-state index contributed by atoms with van der Waals surface area (Å²) in [5.74, 6) is -3.74. The summed E-state index contributed by atoms with van der Waals surface area (Å²) in [5, 5.41) is 0. The largest absolute Gasteiger partial charge is 0.449 e. The predicted molar refractivity (Wildman–Crippen MR) is 101 cm³/mol. The van der Waals surface area contributed by atoms with E-state index in [1.54, 1.807) is 0 Å². The van der Waals surface area contributed by atoms with Gasteiger partial charge in [0.25, 0.3) is 12.3 Å². The standard InChI is InChI=1S/C20H14F8N4O2/c21-12-7-10(1-2-11(12)17(33)31-5-6-34-19(24,25)9-31)15-16-13(3-4-29-15)32(8-14(22)23)18(30-16)20(26,27)28/h1-4,7,14H,5-6,8-9H2. The Kier molecular flexibility index (Phi) is 5.96. The molecular weight excluding hydrogens is 480 g/mol. The second kappa shape index (κ2) is 8.49. The summed E-state index contributed by atoms with van der Waals surface area (Å²) in [6.07, 6.45) is -10.7. The predicted octanol–water partition coefficient (Wildman–Crippen LogP) is 4.59. The SMILES string of the molecule is O=C(c1ccc(-c2nccc3c2nc(C(F)(F)F)n3CC(F)F)cc1F)N1CCOC(F)(F)C1. The van der Waals surface area contributed by atoms with Gasteiger partial charge in [-0.3, -0.25) is 9.78 Å². The van der Waals surface area contributed by atoms with Gasteiger partial charge in [0.15, 0.2) is 0 Å². The molecule has 0 N–H and O–H groups in total. The van der Waals surface area contributed by atoms with E-state index >= 15 is 0 Å². The molecule has 0 saturated carbocycles. The summed E-state index contributed by atoms with van der Waals surface area (Å²) in [7, 11) is 0. The van der Waals surface area contributed by atoms with Crippen LogP contribution in [0.4, 0.5) is 35.1 Å². The van der Waals surface area contributed by atoms with Gasteiger partial charge in [-0.2, -0.15) is 22.0 Å². The zero-order valence-electron chi connectivity index (χ0n) is 16.9. The second-order valence-corrected chi connectivity index (χ2v) is 7.37. The first-order chi connectivity index (χ1) is 15.9. The number of halogens is 8. The Labute approximate surface area is 185 Å². The quantitative estimate of drug-likeness (QED) is 0.498. The molecule has 0 atom stereocenters. The lowest BCUT2D eigenvalue weighted by Gasteiger charge is -2.32. The molecule has 4 rings (SSSR count). The first-order valence-corrected chi connectivity index (χ1v) is 9.69. The van der Waals surface area contributed by atoms with E-state index in [2.05, 4.69) is 14.7 Å². The van der Waals surface area contributed by atoms with Crippen molar-refractivity contribution < 1.29 is 44.7 Å². The Bertz CT molecular complexity index is 1240. The molecule has 1 aliphatic heterocycles. The third-order valence-electron chi connectivity index (χ3n) is 5.05. The van der Waals surface area contributed by atoms with Gasteiger partial charge < -0.3 is 14.2 Å². The molecule has 1 aromatic carbocycles. The van der Waals surface area contributed by atoms with Gasteiger partial charge in [0.2, 0.25) is 5.82 Å². The average molecular weight is 494 g/mol. The lowest BCUT2D eigenvalue weighted by molar-refractivity contribution is -0.263. The molecule has 1 fully saturated rings. The van der Waals surface area contributed by atoms with Crippen LogP contribution >= 0.6 is 0 Å². The van der Waals surface area contributed by atoms with E-state index < -0.39 is 67.0 Å². The minimum atomic E-state index is -5.05. The molecule has 0 spiro atoms. The number of ether oxygens (including phenoxy) is 1. The number of rotatable bonds is 4. The molecule has 34 heavy (non-hydrogen) atoms. The van der Waals surface area contributed by atoms with Crippen molar-refractivity contribution in [3.8, 4) is 11.3 Å². The molecule has 3 aromatic rings. The molecule has 182 valence electrons. The van der Waals surface area contributed by atoms with Crippen molar-refractivity contribution in [2.75, 3.05) is 19.7 Å². The Morgan fingerprint density at radius 1 is 1.21 bits per heavy atom. The van der Waals surface area contributed by atoms with E-state index in [4.69, 9.17) is 0 Å². The van der Waals surface area contributed by atoms with Crippen LogP contribution in [-0.4, -0.2) is 57.6 Å². The average Bonchev–Trinajstić information content (AvgIpc) is 3.11. The highest BCUT2D eigenvalue weighted by molar-refractivity contribution is 5.96. The third kappa shape index (κ3) is 4.54. The summed E-state index contributed by atoms with van der Waals surface area (Å²) >= 11 is 0. The van der Waals surface area contributed by atoms with E-state index in [9.17, 15) is 39.9 Å². The van der Waals surface area contributed by atoms with E-state index in [1.165, 1.54) is 0 Å². The van der Waals surface area contributed by atoms with Gasteiger partial charge in [-0.15, -0.1) is 0 Å². The van der Waals surface area contributed by atoms with Gasteiger partial charge in [0.1, 0.15) is 17.9 Å². The maximum atomic E-state index is 14.8. The minimum absolute atomic E-state index is 0.0950. The first-order valence-electron chi connectivity index (χ1n) is 9.69. The van der Waals surface area contributed by atoms with Crippen LogP contribution in [0, 0.1) is 5.82 Å². The maximum Gasteiger partial charge on any atom is 0.449 e. The fraction of sp³-hybridized carbons (Fsp3) is 0.350. The number of carbonyl (C=O) groups excluding carboxylic acids is 1. The fourth-order valence-electron chi connectivity index (χ4n) is 3.63. The number of hydrogen-bond donors (Lipinski definition) is 0. The number of fused-ring (bicyclic) bond motifs is 1. The van der Waals surface area contributed by atoms with Gasteiger partial charge in [-0.1, -0.05) is 6.07 Å². The van der Waals surface area contributed by atoms with Gasteiger partial charge >= 0.3 is 12.3 Å². The number of alkyl halides is 7. The normalized spacial score (nSPS) is 16.4. The third-order valence-corrected chi connectivity index (χ3v) is 5.05. The number of carbonyl (C=O) groups is 1. The first kappa shape index (κ1) is 23.9. The van der Waals surface area contributed by atoms with Gasteiger partial charge in [-0.25, -0.2) is 18.2 Å². The van der Waals surface area contributed by atoms with Gasteiger partial charge in [-0.05, 0) is 18.2 Å². The zero-order valence-corrected chi connectivity index (χ0v) is 16.9. The molecule has 1 saturated heterocycles. The van der Waals surface area contributed by atoms with Crippen LogP contribution in [0.25, 0.3) is 22.3 Å². The molecule has 0 unspecified atom stereocenters. The molecule has 0 bridgehead atoms. The van der Waals surface area contributed by atoms with Crippen molar-refractivity contribution in [2.24, 2.45) is 0 Å². The topological polar surface area (TPSA) is 60.2 Å². The molecule has 3 heterocycles. The number of amides is 1. The van der Waals surface area contributed by atoms with E-state index in [-0.39, 0.29) is 23.3 Å². The van der Waals surface area contributed by atoms with E-state index in [1.807, 2.05) is 0 Å². The highest BCUT2D eigenvalue weighted by Crippen LogP contribution is 2.35. The second-order valence-electron chi connectivity index (χ2n) is 7.37. The van der Waals surface area contributed by atoms with Crippen LogP contribution in [0.2, 0.25) is 0 Å². The van der Waals surface area contributed by atoms with Gasteiger partial charge in [0, 0.05) is 18.3 Å². The summed E-state index contributed by atoms with van der Waals surface area (Å²) in [6.45, 7) is -3.00. The molecule has 2 aromatic heterocycles. The van der Waals surface area contributed by atoms with Crippen molar-refractivity contribution in [1.82, 2.24) is 19.4 Å². The van der Waals surface area contributed by atoms with Crippen molar-refractivity contribution in [2.45, 2.75) is 25.3 Å². The molecule has 6 nitrogen and oxygen atoms in total. The zero-order chi connectivity index (χ0) is 24.8. The highest BCUT2D eigenvalue weighted by atomic mass is 19.4. The van der Waals surface area contributed by atoms with Crippen LogP contribution in [0.3, 0.4) is 0 Å². The smallest absolute Gasteiger partial charge is 0.327 e. The Balaban J connectivity index is 1.75. The Morgan fingerprint density at radius 2 is 1.94 bits per heavy atom. The lowest BCUT2D eigenvalue weighted by atomic mass is 10.1. The van der Waals surface area contributed by atoms with Crippen LogP contribution in [0.5, 0.6) is 0 Å².